The van der Waals surface area contributed by atoms with Gasteiger partial charge < -0.3 is 25.7 Å². The molecule has 1 amide bonds. The molecule has 3 aromatic rings. The number of hydrogen-bond donors (Lipinski definition) is 4. The summed E-state index contributed by atoms with van der Waals surface area (Å²) in [5, 5.41) is 30.6. The molecule has 1 unspecified atom stereocenters. The Kier molecular flexibility index (Phi) is 9.67. The lowest BCUT2D eigenvalue weighted by atomic mass is 9.89. The molecule has 4 rings (SSSR count). The largest absolute Gasteiger partial charge is 0.411 e. The zero-order valence-corrected chi connectivity index (χ0v) is 22.0. The van der Waals surface area contributed by atoms with Crippen molar-refractivity contribution >= 4 is 23.4 Å². The van der Waals surface area contributed by atoms with Crippen LogP contribution in [-0.4, -0.2) is 43.9 Å². The number of carbonyl (C=O) groups is 1. The fourth-order valence-electron chi connectivity index (χ4n) is 4.40. The van der Waals surface area contributed by atoms with Crippen LogP contribution in [0.25, 0.3) is 5.82 Å². The zero-order chi connectivity index (χ0) is 27.5. The number of rotatable bonds is 11. The summed E-state index contributed by atoms with van der Waals surface area (Å²) in [6.07, 6.45) is 13.7. The van der Waals surface area contributed by atoms with Crippen LogP contribution in [0.2, 0.25) is 0 Å². The van der Waals surface area contributed by atoms with Gasteiger partial charge in [-0.2, -0.15) is 15.2 Å². The number of nitrogens with one attached hydrogen (secondary N) is 3. The first-order valence-corrected chi connectivity index (χ1v) is 13.2. The van der Waals surface area contributed by atoms with Crippen LogP contribution in [0.4, 0.5) is 11.8 Å². The Balaban J connectivity index is 1.56. The Morgan fingerprint density at radius 1 is 1.21 bits per heavy atom. The Morgan fingerprint density at radius 3 is 2.64 bits per heavy atom. The third-order valence-corrected chi connectivity index (χ3v) is 6.62. The summed E-state index contributed by atoms with van der Waals surface area (Å²) >= 11 is 0. The number of nitriles is 1. The van der Waals surface area contributed by atoms with Crippen molar-refractivity contribution in [2.45, 2.75) is 51.6 Å². The molecule has 1 aliphatic carbocycles. The van der Waals surface area contributed by atoms with Gasteiger partial charge in [0, 0.05) is 25.0 Å². The lowest BCUT2D eigenvalue weighted by molar-refractivity contribution is -0.121. The third kappa shape index (κ3) is 8.17. The van der Waals surface area contributed by atoms with Crippen molar-refractivity contribution in [2.24, 2.45) is 11.1 Å². The van der Waals surface area contributed by atoms with Gasteiger partial charge in [-0.15, -0.1) is 0 Å². The highest BCUT2D eigenvalue weighted by Gasteiger charge is 2.19. The molecule has 10 heteroatoms. The Labute approximate surface area is 228 Å². The number of allylic oxidation sites excluding steroid dienone is 1. The molecule has 4 N–H and O–H groups in total. The first kappa shape index (κ1) is 27.4. The van der Waals surface area contributed by atoms with Crippen molar-refractivity contribution in [3.63, 3.8) is 0 Å². The van der Waals surface area contributed by atoms with Crippen LogP contribution in [0.5, 0.6) is 0 Å². The number of anilines is 2. The lowest BCUT2D eigenvalue weighted by Crippen LogP contribution is -2.38. The predicted octanol–water partition coefficient (Wildman–Crippen LogP) is 4.63. The summed E-state index contributed by atoms with van der Waals surface area (Å²) < 4.78 is 1.85. The van der Waals surface area contributed by atoms with E-state index in [1.54, 1.807) is 25.1 Å². The maximum atomic E-state index is 13.4. The first-order chi connectivity index (χ1) is 19.0. The number of nitrogens with zero attached hydrogens (tertiary/aromatic N) is 5. The lowest BCUT2D eigenvalue weighted by Gasteiger charge is -2.20. The number of hydrogen-bond acceptors (Lipinski definition) is 8. The first-order valence-electron chi connectivity index (χ1n) is 13.2. The highest BCUT2D eigenvalue weighted by atomic mass is 16.4. The van der Waals surface area contributed by atoms with Crippen LogP contribution >= 0.6 is 0 Å². The van der Waals surface area contributed by atoms with Gasteiger partial charge in [-0.05, 0) is 55.5 Å². The topological polar surface area (TPSA) is 140 Å². The molecule has 0 spiro atoms. The van der Waals surface area contributed by atoms with E-state index < -0.39 is 6.04 Å². The monoisotopic (exact) mass is 526 g/mol. The van der Waals surface area contributed by atoms with Gasteiger partial charge in [0.15, 0.2) is 0 Å². The molecule has 1 saturated carbocycles. The van der Waals surface area contributed by atoms with E-state index in [4.69, 9.17) is 10.5 Å². The number of oxime groups is 1. The van der Waals surface area contributed by atoms with Crippen molar-refractivity contribution in [2.75, 3.05) is 17.2 Å². The van der Waals surface area contributed by atoms with E-state index in [0.29, 0.717) is 41.3 Å². The van der Waals surface area contributed by atoms with E-state index in [9.17, 15) is 4.79 Å². The number of carbonyl (C=O) groups excluding carboxylic acids is 1. The maximum Gasteiger partial charge on any atom is 0.246 e. The van der Waals surface area contributed by atoms with E-state index in [0.717, 1.165) is 18.4 Å². The van der Waals surface area contributed by atoms with Gasteiger partial charge in [0.1, 0.15) is 17.7 Å². The zero-order valence-electron chi connectivity index (χ0n) is 22.0. The van der Waals surface area contributed by atoms with E-state index in [1.165, 1.54) is 19.3 Å². The van der Waals surface area contributed by atoms with Crippen LogP contribution in [0.3, 0.4) is 0 Å². The number of benzene rings is 1. The maximum absolute atomic E-state index is 13.4. The van der Waals surface area contributed by atoms with E-state index in [-0.39, 0.29) is 12.5 Å². The summed E-state index contributed by atoms with van der Waals surface area (Å²) in [6.45, 7) is 2.29. The fraction of sp³-hybridized carbons (Fsp3) is 0.345. The minimum atomic E-state index is -0.661. The van der Waals surface area contributed by atoms with E-state index >= 15 is 0 Å². The normalized spacial score (nSPS) is 15.0. The quantitative estimate of drug-likeness (QED) is 0.124. The predicted molar refractivity (Wildman–Crippen MR) is 151 cm³/mol. The summed E-state index contributed by atoms with van der Waals surface area (Å²) in [5.74, 6) is 1.69. The molecule has 39 heavy (non-hydrogen) atoms. The molecule has 0 bridgehead atoms. The van der Waals surface area contributed by atoms with Gasteiger partial charge in [-0.3, -0.25) is 4.79 Å². The van der Waals surface area contributed by atoms with Gasteiger partial charge in [0.2, 0.25) is 11.9 Å². The van der Waals surface area contributed by atoms with Gasteiger partial charge >= 0.3 is 0 Å². The van der Waals surface area contributed by atoms with Crippen LogP contribution in [0.15, 0.2) is 72.2 Å². The molecule has 2 aromatic heterocycles. The summed E-state index contributed by atoms with van der Waals surface area (Å²) in [6, 6.07) is 14.2. The molecular formula is C29H34N8O2. The summed E-state index contributed by atoms with van der Waals surface area (Å²) in [4.78, 5) is 22.5. The summed E-state index contributed by atoms with van der Waals surface area (Å²) in [5.41, 5.74) is 1.96. The minimum absolute atomic E-state index is 0.190. The third-order valence-electron chi connectivity index (χ3n) is 6.62. The Hall–Kier alpha value is -4.65. The molecule has 1 atom stereocenters. The number of aromatic nitrogens is 3. The van der Waals surface area contributed by atoms with E-state index in [1.807, 2.05) is 47.3 Å². The Bertz CT molecular complexity index is 1320. The highest BCUT2D eigenvalue weighted by molar-refractivity contribution is 5.87. The average Bonchev–Trinajstić information content (AvgIpc) is 3.53. The standard InChI is InChI=1S/C29H34N8O2/c1-21(36-39)19-32-29-34-26(17-27(35-29)37-15-5-6-16-37)33-25(14-13-22-7-3-2-4-8-22)28(38)31-20-24-11-9-23(18-30)10-12-24/h5-6,9-17,22,25,39H,2-4,7-8,19-20H2,1H3,(H,31,38)(H2,32,33,34,35)/b14-13+,36-21+. The van der Waals surface area contributed by atoms with Crippen molar-refractivity contribution in [1.82, 2.24) is 19.9 Å². The Morgan fingerprint density at radius 2 is 1.95 bits per heavy atom. The number of amides is 1. The van der Waals surface area contributed by atoms with Crippen LogP contribution in [0.1, 0.15) is 50.2 Å². The molecule has 1 fully saturated rings. The molecule has 202 valence electrons. The van der Waals surface area contributed by atoms with Crippen molar-refractivity contribution < 1.29 is 10.0 Å². The van der Waals surface area contributed by atoms with Crippen LogP contribution in [-0.2, 0) is 11.3 Å². The second-order valence-electron chi connectivity index (χ2n) is 9.65. The molecule has 10 nitrogen and oxygen atoms in total. The smallest absolute Gasteiger partial charge is 0.246 e. The average molecular weight is 527 g/mol. The van der Waals surface area contributed by atoms with Gasteiger partial charge in [-0.25, -0.2) is 0 Å². The minimum Gasteiger partial charge on any atom is -0.411 e. The molecule has 0 saturated heterocycles. The van der Waals surface area contributed by atoms with E-state index in [2.05, 4.69) is 43.2 Å². The van der Waals surface area contributed by atoms with Crippen molar-refractivity contribution in [3.8, 4) is 11.9 Å². The molecule has 1 aliphatic rings. The van der Waals surface area contributed by atoms with Gasteiger partial charge in [0.25, 0.3) is 0 Å². The SMILES string of the molecule is C/C(CNc1nc(NC(/C=C/C2CCCCC2)C(=O)NCc2ccc(C#N)cc2)cc(-n2cccc2)n1)=N\O. The van der Waals surface area contributed by atoms with Gasteiger partial charge in [-0.1, -0.05) is 48.7 Å². The van der Waals surface area contributed by atoms with Crippen LogP contribution in [0, 0.1) is 17.2 Å². The summed E-state index contributed by atoms with van der Waals surface area (Å²) in [7, 11) is 0. The van der Waals surface area contributed by atoms with Crippen molar-refractivity contribution in [3.05, 3.63) is 78.1 Å². The molecular weight excluding hydrogens is 492 g/mol. The van der Waals surface area contributed by atoms with Crippen LogP contribution < -0.4 is 16.0 Å². The van der Waals surface area contributed by atoms with Gasteiger partial charge in [0.05, 0.1) is 23.9 Å². The second-order valence-corrected chi connectivity index (χ2v) is 9.65. The molecule has 2 heterocycles. The van der Waals surface area contributed by atoms with Crippen molar-refractivity contribution in [1.29, 1.82) is 5.26 Å². The fourth-order valence-corrected chi connectivity index (χ4v) is 4.40. The highest BCUT2D eigenvalue weighted by Crippen LogP contribution is 2.25. The molecule has 1 aromatic carbocycles. The molecule has 0 radical (unpaired) electrons. The second kappa shape index (κ2) is 13.8. The molecule has 0 aliphatic heterocycles.